The van der Waals surface area contributed by atoms with E-state index in [2.05, 4.69) is 12.2 Å². The zero-order valence-electron chi connectivity index (χ0n) is 17.3. The Morgan fingerprint density at radius 1 is 1.10 bits per heavy atom. The predicted octanol–water partition coefficient (Wildman–Crippen LogP) is 5.00. The summed E-state index contributed by atoms with van der Waals surface area (Å²) in [6.45, 7) is 5.02. The number of imide groups is 1. The first kappa shape index (κ1) is 21.8. The molecular weight excluding hydrogens is 402 g/mol. The summed E-state index contributed by atoms with van der Waals surface area (Å²) in [5.41, 5.74) is 3.10. The maximum Gasteiger partial charge on any atom is 0.328 e. The SMILES string of the molecule is CCCC(=O)N(CCC)c1ccc(-c2cccc(N3CCC(=O)NC3=O)c2Cl)cc1. The largest absolute Gasteiger partial charge is 0.328 e. The van der Waals surface area contributed by atoms with E-state index in [4.69, 9.17) is 11.6 Å². The first-order valence-electron chi connectivity index (χ1n) is 10.3. The van der Waals surface area contributed by atoms with Crippen LogP contribution in [0.25, 0.3) is 11.1 Å². The van der Waals surface area contributed by atoms with E-state index in [1.807, 2.05) is 48.2 Å². The van der Waals surface area contributed by atoms with Crippen molar-refractivity contribution in [2.45, 2.75) is 39.5 Å². The van der Waals surface area contributed by atoms with Gasteiger partial charge >= 0.3 is 6.03 Å². The van der Waals surface area contributed by atoms with Crippen molar-refractivity contribution in [1.82, 2.24) is 5.32 Å². The lowest BCUT2D eigenvalue weighted by atomic mass is 10.0. The van der Waals surface area contributed by atoms with Crippen LogP contribution in [0, 0.1) is 0 Å². The summed E-state index contributed by atoms with van der Waals surface area (Å²) in [6.07, 6.45) is 2.46. The van der Waals surface area contributed by atoms with E-state index in [-0.39, 0.29) is 24.8 Å². The van der Waals surface area contributed by atoms with Crippen molar-refractivity contribution < 1.29 is 14.4 Å². The smallest absolute Gasteiger partial charge is 0.312 e. The number of amides is 4. The van der Waals surface area contributed by atoms with Crippen molar-refractivity contribution in [2.75, 3.05) is 22.9 Å². The molecule has 1 fully saturated rings. The molecule has 7 heteroatoms. The maximum atomic E-state index is 12.5. The highest BCUT2D eigenvalue weighted by Crippen LogP contribution is 2.37. The Morgan fingerprint density at radius 3 is 2.47 bits per heavy atom. The number of halogens is 1. The topological polar surface area (TPSA) is 69.7 Å². The van der Waals surface area contributed by atoms with Gasteiger partial charge in [0.25, 0.3) is 0 Å². The second-order valence-corrected chi connectivity index (χ2v) is 7.61. The summed E-state index contributed by atoms with van der Waals surface area (Å²) in [6, 6.07) is 12.7. The third-order valence-corrected chi connectivity index (χ3v) is 5.42. The Hall–Kier alpha value is -2.86. The van der Waals surface area contributed by atoms with Crippen molar-refractivity contribution in [3.63, 3.8) is 0 Å². The van der Waals surface area contributed by atoms with E-state index in [0.717, 1.165) is 29.7 Å². The average Bonchev–Trinajstić information content (AvgIpc) is 2.73. The lowest BCUT2D eigenvalue weighted by Gasteiger charge is -2.28. The number of benzene rings is 2. The number of nitrogens with one attached hydrogen (secondary N) is 1. The number of nitrogens with zero attached hydrogens (tertiary/aromatic N) is 2. The van der Waals surface area contributed by atoms with Crippen LogP contribution in [0.15, 0.2) is 42.5 Å². The number of hydrogen-bond donors (Lipinski definition) is 1. The van der Waals surface area contributed by atoms with Gasteiger partial charge in [-0.15, -0.1) is 0 Å². The predicted molar refractivity (Wildman–Crippen MR) is 120 cm³/mol. The van der Waals surface area contributed by atoms with Crippen LogP contribution in [0.2, 0.25) is 5.02 Å². The number of urea groups is 1. The van der Waals surface area contributed by atoms with Crippen LogP contribution < -0.4 is 15.1 Å². The van der Waals surface area contributed by atoms with E-state index in [9.17, 15) is 14.4 Å². The first-order chi connectivity index (χ1) is 14.5. The molecule has 158 valence electrons. The molecule has 0 aromatic heterocycles. The van der Waals surface area contributed by atoms with Crippen molar-refractivity contribution >= 4 is 40.8 Å². The minimum absolute atomic E-state index is 0.123. The molecule has 1 aliphatic heterocycles. The standard InChI is InChI=1S/C23H26ClN3O3/c1-3-6-21(29)26(14-4-2)17-11-9-16(10-12-17)18-7-5-8-19(22(18)24)27-15-13-20(28)25-23(27)30/h5,7-12H,3-4,6,13-15H2,1-2H3,(H,25,28,30). The average molecular weight is 428 g/mol. The number of carbonyl (C=O) groups excluding carboxylic acids is 3. The molecule has 0 unspecified atom stereocenters. The molecule has 3 rings (SSSR count). The second-order valence-electron chi connectivity index (χ2n) is 7.24. The zero-order chi connectivity index (χ0) is 21.7. The maximum absolute atomic E-state index is 12.5. The van der Waals surface area contributed by atoms with Crippen LogP contribution in [0.5, 0.6) is 0 Å². The Labute approximate surface area is 181 Å². The van der Waals surface area contributed by atoms with E-state index in [1.165, 1.54) is 4.90 Å². The molecule has 1 heterocycles. The van der Waals surface area contributed by atoms with Crippen molar-refractivity contribution in [1.29, 1.82) is 0 Å². The molecule has 6 nitrogen and oxygen atoms in total. The van der Waals surface area contributed by atoms with Crippen LogP contribution in [0.3, 0.4) is 0 Å². The molecule has 1 aliphatic rings. The highest BCUT2D eigenvalue weighted by Gasteiger charge is 2.26. The van der Waals surface area contributed by atoms with Gasteiger partial charge in [0.1, 0.15) is 0 Å². The molecule has 0 radical (unpaired) electrons. The van der Waals surface area contributed by atoms with Crippen LogP contribution in [-0.4, -0.2) is 30.9 Å². The van der Waals surface area contributed by atoms with Gasteiger partial charge in [-0.05, 0) is 36.6 Å². The van der Waals surface area contributed by atoms with Gasteiger partial charge in [-0.25, -0.2) is 4.79 Å². The quantitative estimate of drug-likeness (QED) is 0.676. The second kappa shape index (κ2) is 9.76. The zero-order valence-corrected chi connectivity index (χ0v) is 18.0. The molecule has 2 aromatic carbocycles. The minimum atomic E-state index is -0.467. The van der Waals surface area contributed by atoms with E-state index in [0.29, 0.717) is 23.7 Å². The van der Waals surface area contributed by atoms with Gasteiger partial charge in [-0.3, -0.25) is 19.8 Å². The molecule has 4 amide bonds. The molecule has 0 saturated carbocycles. The number of hydrogen-bond acceptors (Lipinski definition) is 3. The fourth-order valence-electron chi connectivity index (χ4n) is 3.54. The van der Waals surface area contributed by atoms with Gasteiger partial charge in [0.15, 0.2) is 0 Å². The summed E-state index contributed by atoms with van der Waals surface area (Å²) >= 11 is 6.65. The molecule has 0 aliphatic carbocycles. The number of anilines is 2. The third kappa shape index (κ3) is 4.65. The monoisotopic (exact) mass is 427 g/mol. The number of carbonyl (C=O) groups is 3. The van der Waals surface area contributed by atoms with E-state index < -0.39 is 6.03 Å². The minimum Gasteiger partial charge on any atom is -0.312 e. The van der Waals surface area contributed by atoms with E-state index >= 15 is 0 Å². The van der Waals surface area contributed by atoms with Gasteiger partial charge < -0.3 is 4.90 Å². The van der Waals surface area contributed by atoms with Gasteiger partial charge in [0.05, 0.1) is 10.7 Å². The van der Waals surface area contributed by atoms with Gasteiger partial charge in [-0.2, -0.15) is 0 Å². The lowest BCUT2D eigenvalue weighted by molar-refractivity contribution is -0.120. The Bertz CT molecular complexity index is 943. The van der Waals surface area contributed by atoms with Crippen LogP contribution >= 0.6 is 11.6 Å². The molecule has 1 N–H and O–H groups in total. The van der Waals surface area contributed by atoms with Crippen LogP contribution in [0.1, 0.15) is 39.5 Å². The summed E-state index contributed by atoms with van der Waals surface area (Å²) in [5.74, 6) is -0.161. The summed E-state index contributed by atoms with van der Waals surface area (Å²) in [7, 11) is 0. The fourth-order valence-corrected chi connectivity index (χ4v) is 3.87. The van der Waals surface area contributed by atoms with Crippen LogP contribution in [-0.2, 0) is 9.59 Å². The summed E-state index contributed by atoms with van der Waals surface area (Å²) in [4.78, 5) is 39.4. The highest BCUT2D eigenvalue weighted by atomic mass is 35.5. The summed E-state index contributed by atoms with van der Waals surface area (Å²) in [5, 5.41) is 2.77. The molecule has 2 aromatic rings. The van der Waals surface area contributed by atoms with E-state index in [1.54, 1.807) is 6.07 Å². The van der Waals surface area contributed by atoms with Gasteiger partial charge in [0, 0.05) is 37.2 Å². The van der Waals surface area contributed by atoms with Crippen molar-refractivity contribution in [2.24, 2.45) is 0 Å². The highest BCUT2D eigenvalue weighted by molar-refractivity contribution is 6.36. The Balaban J connectivity index is 1.89. The third-order valence-electron chi connectivity index (χ3n) is 5.03. The van der Waals surface area contributed by atoms with Crippen molar-refractivity contribution in [3.05, 3.63) is 47.5 Å². The Kier molecular flexibility index (Phi) is 7.11. The summed E-state index contributed by atoms with van der Waals surface area (Å²) < 4.78 is 0. The van der Waals surface area contributed by atoms with Crippen LogP contribution in [0.4, 0.5) is 16.2 Å². The van der Waals surface area contributed by atoms with Gasteiger partial charge in [0.2, 0.25) is 11.8 Å². The van der Waals surface area contributed by atoms with Gasteiger partial charge in [-0.1, -0.05) is 49.7 Å². The molecule has 0 bridgehead atoms. The lowest BCUT2D eigenvalue weighted by Crippen LogP contribution is -2.49. The first-order valence-corrected chi connectivity index (χ1v) is 10.6. The normalized spacial score (nSPS) is 13.9. The molecule has 1 saturated heterocycles. The van der Waals surface area contributed by atoms with Crippen molar-refractivity contribution in [3.8, 4) is 11.1 Å². The molecule has 30 heavy (non-hydrogen) atoms. The Morgan fingerprint density at radius 2 is 1.83 bits per heavy atom. The number of rotatable bonds is 7. The molecule has 0 atom stereocenters. The fraction of sp³-hybridized carbons (Fsp3) is 0.348. The molecule has 0 spiro atoms. The molecular formula is C23H26ClN3O3.